The summed E-state index contributed by atoms with van der Waals surface area (Å²) in [6, 6.07) is 11.9. The molecule has 5 heteroatoms. The number of carbonyl (C=O) groups is 1. The molecule has 0 bridgehead atoms. The van der Waals surface area contributed by atoms with Crippen LogP contribution in [0.2, 0.25) is 0 Å². The molecule has 0 unspecified atom stereocenters. The second-order valence-electron chi connectivity index (χ2n) is 4.85. The topological polar surface area (TPSA) is 52.3 Å². The van der Waals surface area contributed by atoms with Crippen molar-refractivity contribution in [1.82, 2.24) is 4.98 Å². The zero-order chi connectivity index (χ0) is 15.5. The smallest absolute Gasteiger partial charge is 0.374 e. The molecule has 0 aliphatic rings. The number of hydrogen-bond acceptors (Lipinski definition) is 5. The van der Waals surface area contributed by atoms with Crippen molar-refractivity contribution in [3.05, 3.63) is 59.5 Å². The number of rotatable bonds is 4. The fourth-order valence-electron chi connectivity index (χ4n) is 2.27. The number of esters is 1. The highest BCUT2D eigenvalue weighted by molar-refractivity contribution is 7.98. The lowest BCUT2D eigenvalue weighted by molar-refractivity contribution is 0.0564. The SMILES string of the molecule is COC(=O)c1occc1CSc1cc(C)c2ccccc2n1. The lowest BCUT2D eigenvalue weighted by atomic mass is 10.1. The second-order valence-corrected chi connectivity index (χ2v) is 5.85. The van der Waals surface area contributed by atoms with Gasteiger partial charge in [0.15, 0.2) is 0 Å². The number of hydrogen-bond donors (Lipinski definition) is 0. The molecular weight excluding hydrogens is 298 g/mol. The molecule has 112 valence electrons. The van der Waals surface area contributed by atoms with E-state index in [4.69, 9.17) is 9.15 Å². The summed E-state index contributed by atoms with van der Waals surface area (Å²) < 4.78 is 9.90. The number of para-hydroxylation sites is 1. The average Bonchev–Trinajstić information content (AvgIpc) is 3.01. The molecule has 0 saturated heterocycles. The van der Waals surface area contributed by atoms with Gasteiger partial charge in [0, 0.05) is 16.7 Å². The molecule has 4 nitrogen and oxygen atoms in total. The van der Waals surface area contributed by atoms with E-state index >= 15 is 0 Å². The molecule has 0 radical (unpaired) electrons. The molecule has 0 amide bonds. The van der Waals surface area contributed by atoms with Crippen LogP contribution in [-0.4, -0.2) is 18.1 Å². The fraction of sp³-hybridized carbons (Fsp3) is 0.176. The van der Waals surface area contributed by atoms with Gasteiger partial charge in [0.1, 0.15) is 0 Å². The van der Waals surface area contributed by atoms with E-state index in [2.05, 4.69) is 24.0 Å². The minimum absolute atomic E-state index is 0.257. The third-order valence-corrected chi connectivity index (χ3v) is 4.35. The van der Waals surface area contributed by atoms with Crippen LogP contribution in [0, 0.1) is 6.92 Å². The Balaban J connectivity index is 1.83. The summed E-state index contributed by atoms with van der Waals surface area (Å²) in [6.45, 7) is 2.08. The van der Waals surface area contributed by atoms with Crippen LogP contribution in [-0.2, 0) is 10.5 Å². The normalized spacial score (nSPS) is 10.8. The van der Waals surface area contributed by atoms with E-state index in [0.29, 0.717) is 5.75 Å². The van der Waals surface area contributed by atoms with Crippen molar-refractivity contribution in [1.29, 1.82) is 0 Å². The zero-order valence-electron chi connectivity index (χ0n) is 12.3. The quantitative estimate of drug-likeness (QED) is 0.533. The van der Waals surface area contributed by atoms with Crippen molar-refractivity contribution in [3.63, 3.8) is 0 Å². The van der Waals surface area contributed by atoms with Gasteiger partial charge in [-0.3, -0.25) is 0 Å². The van der Waals surface area contributed by atoms with Gasteiger partial charge >= 0.3 is 5.97 Å². The Morgan fingerprint density at radius 1 is 1.32 bits per heavy atom. The van der Waals surface area contributed by atoms with Crippen molar-refractivity contribution in [2.45, 2.75) is 17.7 Å². The van der Waals surface area contributed by atoms with Crippen LogP contribution < -0.4 is 0 Å². The Bertz CT molecular complexity index is 826. The van der Waals surface area contributed by atoms with Gasteiger partial charge in [0.05, 0.1) is 23.9 Å². The van der Waals surface area contributed by atoms with Gasteiger partial charge in [-0.1, -0.05) is 18.2 Å². The number of aryl methyl sites for hydroxylation is 1. The number of nitrogens with zero attached hydrogens (tertiary/aromatic N) is 1. The first kappa shape index (κ1) is 14.7. The van der Waals surface area contributed by atoms with E-state index in [-0.39, 0.29) is 5.76 Å². The maximum Gasteiger partial charge on any atom is 0.374 e. The van der Waals surface area contributed by atoms with Crippen molar-refractivity contribution in [3.8, 4) is 0 Å². The Hall–Kier alpha value is -2.27. The molecule has 0 aliphatic carbocycles. The molecular formula is C17H15NO3S. The highest BCUT2D eigenvalue weighted by atomic mass is 32.2. The summed E-state index contributed by atoms with van der Waals surface area (Å²) in [4.78, 5) is 16.2. The molecule has 0 spiro atoms. The molecule has 2 heterocycles. The van der Waals surface area contributed by atoms with Gasteiger partial charge in [-0.25, -0.2) is 9.78 Å². The predicted molar refractivity (Wildman–Crippen MR) is 86.1 cm³/mol. The number of aromatic nitrogens is 1. The maximum absolute atomic E-state index is 11.6. The lowest BCUT2D eigenvalue weighted by Crippen LogP contribution is -2.02. The van der Waals surface area contributed by atoms with E-state index in [9.17, 15) is 4.79 Å². The number of ether oxygens (including phenoxy) is 1. The average molecular weight is 313 g/mol. The summed E-state index contributed by atoms with van der Waals surface area (Å²) in [5.41, 5.74) is 2.98. The summed E-state index contributed by atoms with van der Waals surface area (Å²) in [7, 11) is 1.34. The molecule has 3 aromatic rings. The van der Waals surface area contributed by atoms with Gasteiger partial charge in [-0.15, -0.1) is 11.8 Å². The van der Waals surface area contributed by atoms with Crippen LogP contribution in [0.15, 0.2) is 52.1 Å². The molecule has 0 N–H and O–H groups in total. The van der Waals surface area contributed by atoms with Gasteiger partial charge in [-0.2, -0.15) is 0 Å². The van der Waals surface area contributed by atoms with Gasteiger partial charge in [0.2, 0.25) is 5.76 Å². The molecule has 0 atom stereocenters. The van der Waals surface area contributed by atoms with Gasteiger partial charge in [-0.05, 0) is 30.7 Å². The lowest BCUT2D eigenvalue weighted by Gasteiger charge is -2.06. The van der Waals surface area contributed by atoms with E-state index in [1.54, 1.807) is 17.8 Å². The summed E-state index contributed by atoms with van der Waals surface area (Å²) in [5, 5.41) is 2.08. The molecule has 1 aromatic carbocycles. The highest BCUT2D eigenvalue weighted by Gasteiger charge is 2.16. The van der Waals surface area contributed by atoms with Crippen LogP contribution in [0.4, 0.5) is 0 Å². The number of pyridine rings is 1. The van der Waals surface area contributed by atoms with Crippen LogP contribution in [0.3, 0.4) is 0 Å². The third kappa shape index (κ3) is 2.85. The van der Waals surface area contributed by atoms with Crippen molar-refractivity contribution < 1.29 is 13.9 Å². The molecule has 3 rings (SSSR count). The first-order valence-electron chi connectivity index (χ1n) is 6.83. The number of fused-ring (bicyclic) bond motifs is 1. The Kier molecular flexibility index (Phi) is 4.15. The van der Waals surface area contributed by atoms with E-state index in [1.165, 1.54) is 18.9 Å². The Labute approximate surface area is 132 Å². The number of methoxy groups -OCH3 is 1. The minimum Gasteiger partial charge on any atom is -0.463 e. The van der Waals surface area contributed by atoms with Crippen molar-refractivity contribution >= 4 is 28.6 Å². The number of furan rings is 1. The number of benzene rings is 1. The first-order valence-corrected chi connectivity index (χ1v) is 7.81. The minimum atomic E-state index is -0.455. The van der Waals surface area contributed by atoms with Gasteiger partial charge in [0.25, 0.3) is 0 Å². The standard InChI is InChI=1S/C17H15NO3S/c1-11-9-15(18-14-6-4-3-5-13(11)14)22-10-12-7-8-21-16(12)17(19)20-2/h3-9H,10H2,1-2H3. The van der Waals surface area contributed by atoms with E-state index < -0.39 is 5.97 Å². The van der Waals surface area contributed by atoms with Crippen molar-refractivity contribution in [2.24, 2.45) is 0 Å². The molecule has 0 fully saturated rings. The summed E-state index contributed by atoms with van der Waals surface area (Å²) in [5.74, 6) is 0.405. The molecule has 2 aromatic heterocycles. The van der Waals surface area contributed by atoms with E-state index in [1.807, 2.05) is 18.2 Å². The molecule has 0 aliphatic heterocycles. The Morgan fingerprint density at radius 3 is 2.95 bits per heavy atom. The zero-order valence-corrected chi connectivity index (χ0v) is 13.1. The molecule has 0 saturated carbocycles. The Morgan fingerprint density at radius 2 is 2.14 bits per heavy atom. The van der Waals surface area contributed by atoms with Crippen molar-refractivity contribution in [2.75, 3.05) is 7.11 Å². The largest absolute Gasteiger partial charge is 0.463 e. The summed E-state index contributed by atoms with van der Waals surface area (Å²) in [6.07, 6.45) is 1.50. The molecule has 22 heavy (non-hydrogen) atoms. The number of carbonyl (C=O) groups excluding carboxylic acids is 1. The number of thioether (sulfide) groups is 1. The predicted octanol–water partition coefficient (Wildman–Crippen LogP) is 4.22. The van der Waals surface area contributed by atoms with Crippen LogP contribution in [0.1, 0.15) is 21.7 Å². The highest BCUT2D eigenvalue weighted by Crippen LogP contribution is 2.27. The maximum atomic E-state index is 11.6. The van der Waals surface area contributed by atoms with Crippen LogP contribution in [0.5, 0.6) is 0 Å². The second kappa shape index (κ2) is 6.23. The third-order valence-electron chi connectivity index (χ3n) is 3.39. The van der Waals surface area contributed by atoms with Crippen LogP contribution in [0.25, 0.3) is 10.9 Å². The monoisotopic (exact) mass is 313 g/mol. The fourth-order valence-corrected chi connectivity index (χ4v) is 3.22. The van der Waals surface area contributed by atoms with E-state index in [0.717, 1.165) is 21.5 Å². The van der Waals surface area contributed by atoms with Crippen LogP contribution >= 0.6 is 11.8 Å². The van der Waals surface area contributed by atoms with Gasteiger partial charge < -0.3 is 9.15 Å². The summed E-state index contributed by atoms with van der Waals surface area (Å²) >= 11 is 1.57. The first-order chi connectivity index (χ1) is 10.7.